The Kier molecular flexibility index (Phi) is 4.43. The van der Waals surface area contributed by atoms with Crippen molar-refractivity contribution in [1.82, 2.24) is 0 Å². The Morgan fingerprint density at radius 3 is 2.94 bits per heavy atom. The van der Waals surface area contributed by atoms with Gasteiger partial charge in [0.15, 0.2) is 0 Å². The van der Waals surface area contributed by atoms with Crippen LogP contribution >= 0.6 is 11.6 Å². The van der Waals surface area contributed by atoms with E-state index in [1.165, 1.54) is 0 Å². The zero-order valence-corrected chi connectivity index (χ0v) is 10.9. The second-order valence-corrected chi connectivity index (χ2v) is 5.18. The molecule has 3 heteroatoms. The van der Waals surface area contributed by atoms with Crippen molar-refractivity contribution in [3.63, 3.8) is 0 Å². The van der Waals surface area contributed by atoms with Gasteiger partial charge in [0.1, 0.15) is 0 Å². The SMILES string of the molecule is Cc1ccc(CC(O)C2CCCCO2)c(Cl)c1. The van der Waals surface area contributed by atoms with E-state index in [0.717, 1.165) is 42.0 Å². The summed E-state index contributed by atoms with van der Waals surface area (Å²) in [6.45, 7) is 2.78. The molecule has 2 rings (SSSR count). The van der Waals surface area contributed by atoms with E-state index in [2.05, 4.69) is 0 Å². The monoisotopic (exact) mass is 254 g/mol. The van der Waals surface area contributed by atoms with Gasteiger partial charge in [-0.15, -0.1) is 0 Å². The molecular formula is C14H19ClO2. The lowest BCUT2D eigenvalue weighted by Crippen LogP contribution is -2.33. The molecule has 1 aliphatic rings. The van der Waals surface area contributed by atoms with E-state index in [0.29, 0.717) is 6.42 Å². The van der Waals surface area contributed by atoms with Crippen LogP contribution in [-0.2, 0) is 11.2 Å². The van der Waals surface area contributed by atoms with Crippen molar-refractivity contribution < 1.29 is 9.84 Å². The summed E-state index contributed by atoms with van der Waals surface area (Å²) in [6.07, 6.45) is 3.29. The molecule has 1 fully saturated rings. The highest BCUT2D eigenvalue weighted by Crippen LogP contribution is 2.23. The number of hydrogen-bond donors (Lipinski definition) is 1. The van der Waals surface area contributed by atoms with Gasteiger partial charge in [-0.05, 0) is 43.4 Å². The molecule has 2 nitrogen and oxygen atoms in total. The van der Waals surface area contributed by atoms with E-state index in [1.807, 2.05) is 25.1 Å². The molecule has 0 spiro atoms. The third-order valence-electron chi connectivity index (χ3n) is 3.28. The van der Waals surface area contributed by atoms with Crippen molar-refractivity contribution in [1.29, 1.82) is 0 Å². The van der Waals surface area contributed by atoms with Crippen molar-refractivity contribution in [3.05, 3.63) is 34.3 Å². The molecule has 1 saturated heterocycles. The van der Waals surface area contributed by atoms with E-state index < -0.39 is 6.10 Å². The van der Waals surface area contributed by atoms with Gasteiger partial charge >= 0.3 is 0 Å². The number of rotatable bonds is 3. The highest BCUT2D eigenvalue weighted by Gasteiger charge is 2.23. The molecule has 0 aromatic heterocycles. The Labute approximate surface area is 108 Å². The van der Waals surface area contributed by atoms with Crippen molar-refractivity contribution in [2.24, 2.45) is 0 Å². The minimum atomic E-state index is -0.449. The first-order valence-corrected chi connectivity index (χ1v) is 6.59. The summed E-state index contributed by atoms with van der Waals surface area (Å²) in [6, 6.07) is 5.95. The van der Waals surface area contributed by atoms with Gasteiger partial charge in [0.2, 0.25) is 0 Å². The Morgan fingerprint density at radius 2 is 2.29 bits per heavy atom. The highest BCUT2D eigenvalue weighted by molar-refractivity contribution is 6.31. The van der Waals surface area contributed by atoms with Crippen molar-refractivity contribution in [2.45, 2.75) is 44.8 Å². The average Bonchev–Trinajstić information content (AvgIpc) is 2.34. The number of benzene rings is 1. The number of aliphatic hydroxyl groups excluding tert-OH is 1. The quantitative estimate of drug-likeness (QED) is 0.898. The van der Waals surface area contributed by atoms with Crippen LogP contribution < -0.4 is 0 Å². The van der Waals surface area contributed by atoms with E-state index in [9.17, 15) is 5.11 Å². The van der Waals surface area contributed by atoms with Crippen LogP contribution in [0.5, 0.6) is 0 Å². The van der Waals surface area contributed by atoms with E-state index in [-0.39, 0.29) is 6.10 Å². The Morgan fingerprint density at radius 1 is 1.47 bits per heavy atom. The lowest BCUT2D eigenvalue weighted by Gasteiger charge is -2.27. The number of halogens is 1. The molecule has 1 heterocycles. The van der Waals surface area contributed by atoms with Crippen LogP contribution in [0.4, 0.5) is 0 Å². The van der Waals surface area contributed by atoms with Crippen molar-refractivity contribution in [3.8, 4) is 0 Å². The van der Waals surface area contributed by atoms with Crippen LogP contribution in [0.1, 0.15) is 30.4 Å². The Hall–Kier alpha value is -0.570. The lowest BCUT2D eigenvalue weighted by atomic mass is 9.98. The smallest absolute Gasteiger partial charge is 0.0842 e. The summed E-state index contributed by atoms with van der Waals surface area (Å²) >= 11 is 6.16. The average molecular weight is 255 g/mol. The Bertz CT molecular complexity index is 372. The van der Waals surface area contributed by atoms with Gasteiger partial charge in [-0.25, -0.2) is 0 Å². The number of hydrogen-bond acceptors (Lipinski definition) is 2. The van der Waals surface area contributed by atoms with Crippen LogP contribution in [0, 0.1) is 6.92 Å². The molecule has 1 aromatic rings. The first-order valence-electron chi connectivity index (χ1n) is 6.21. The maximum Gasteiger partial charge on any atom is 0.0842 e. The molecule has 0 amide bonds. The van der Waals surface area contributed by atoms with Gasteiger partial charge in [0, 0.05) is 18.1 Å². The normalized spacial score (nSPS) is 22.4. The third kappa shape index (κ3) is 3.44. The predicted molar refractivity (Wildman–Crippen MR) is 69.5 cm³/mol. The van der Waals surface area contributed by atoms with E-state index >= 15 is 0 Å². The van der Waals surface area contributed by atoms with Crippen LogP contribution in [0.15, 0.2) is 18.2 Å². The molecule has 0 aliphatic carbocycles. The fourth-order valence-corrected chi connectivity index (χ4v) is 2.56. The largest absolute Gasteiger partial charge is 0.390 e. The zero-order valence-electron chi connectivity index (χ0n) is 10.2. The minimum absolute atomic E-state index is 0.0267. The molecule has 1 aromatic carbocycles. The first kappa shape index (κ1) is 12.9. The number of aliphatic hydroxyl groups is 1. The molecule has 2 atom stereocenters. The van der Waals surface area contributed by atoms with Crippen LogP contribution in [-0.4, -0.2) is 23.9 Å². The van der Waals surface area contributed by atoms with Gasteiger partial charge in [-0.3, -0.25) is 0 Å². The van der Waals surface area contributed by atoms with Crippen LogP contribution in [0.25, 0.3) is 0 Å². The topological polar surface area (TPSA) is 29.5 Å². The third-order valence-corrected chi connectivity index (χ3v) is 3.63. The minimum Gasteiger partial charge on any atom is -0.390 e. The van der Waals surface area contributed by atoms with Gasteiger partial charge < -0.3 is 9.84 Å². The molecule has 0 radical (unpaired) electrons. The van der Waals surface area contributed by atoms with E-state index in [1.54, 1.807) is 0 Å². The van der Waals surface area contributed by atoms with Gasteiger partial charge in [0.25, 0.3) is 0 Å². The summed E-state index contributed by atoms with van der Waals surface area (Å²) in [5, 5.41) is 10.9. The Balaban J connectivity index is 1.99. The maximum atomic E-state index is 10.1. The number of aryl methyl sites for hydroxylation is 1. The summed E-state index contributed by atoms with van der Waals surface area (Å²) < 4.78 is 5.58. The van der Waals surface area contributed by atoms with Crippen molar-refractivity contribution in [2.75, 3.05) is 6.61 Å². The molecule has 2 unspecified atom stereocenters. The molecule has 0 bridgehead atoms. The standard InChI is InChI=1S/C14H19ClO2/c1-10-5-6-11(12(15)8-10)9-13(16)14-4-2-3-7-17-14/h5-6,8,13-14,16H,2-4,7,9H2,1H3. The number of ether oxygens (including phenoxy) is 1. The zero-order chi connectivity index (χ0) is 12.3. The summed E-state index contributed by atoms with van der Waals surface area (Å²) in [4.78, 5) is 0. The predicted octanol–water partition coefficient (Wildman–Crippen LogP) is 3.12. The molecule has 94 valence electrons. The van der Waals surface area contributed by atoms with E-state index in [4.69, 9.17) is 16.3 Å². The summed E-state index contributed by atoms with van der Waals surface area (Å²) in [7, 11) is 0. The van der Waals surface area contributed by atoms with Gasteiger partial charge in [-0.2, -0.15) is 0 Å². The summed E-state index contributed by atoms with van der Waals surface area (Å²) in [5.41, 5.74) is 2.14. The fraction of sp³-hybridized carbons (Fsp3) is 0.571. The molecular weight excluding hydrogens is 236 g/mol. The van der Waals surface area contributed by atoms with Crippen molar-refractivity contribution >= 4 is 11.6 Å². The maximum absolute atomic E-state index is 10.1. The molecule has 0 saturated carbocycles. The van der Waals surface area contributed by atoms with Gasteiger partial charge in [-0.1, -0.05) is 23.7 Å². The summed E-state index contributed by atoms with van der Waals surface area (Å²) in [5.74, 6) is 0. The lowest BCUT2D eigenvalue weighted by molar-refractivity contribution is -0.0611. The highest BCUT2D eigenvalue weighted by atomic mass is 35.5. The van der Waals surface area contributed by atoms with Crippen LogP contribution in [0.2, 0.25) is 5.02 Å². The fourth-order valence-electron chi connectivity index (χ4n) is 2.24. The second-order valence-electron chi connectivity index (χ2n) is 4.77. The molecule has 1 N–H and O–H groups in total. The molecule has 17 heavy (non-hydrogen) atoms. The molecule has 1 aliphatic heterocycles. The van der Waals surface area contributed by atoms with Gasteiger partial charge in [0.05, 0.1) is 12.2 Å². The van der Waals surface area contributed by atoms with Crippen LogP contribution in [0.3, 0.4) is 0 Å². The second kappa shape index (κ2) is 5.85. The first-order chi connectivity index (χ1) is 8.16.